The maximum absolute atomic E-state index is 10.3. The Kier molecular flexibility index (Phi) is 3.76. The van der Waals surface area contributed by atoms with Crippen molar-refractivity contribution in [2.24, 2.45) is 13.0 Å². The van der Waals surface area contributed by atoms with Crippen LogP contribution in [-0.2, 0) is 18.2 Å². The first-order valence-electron chi connectivity index (χ1n) is 5.98. The molecule has 3 unspecified atom stereocenters. The third-order valence-corrected chi connectivity index (χ3v) is 4.08. The van der Waals surface area contributed by atoms with E-state index in [0.29, 0.717) is 11.6 Å². The van der Waals surface area contributed by atoms with Gasteiger partial charge in [0, 0.05) is 31.6 Å². The predicted molar refractivity (Wildman–Crippen MR) is 66.2 cm³/mol. The topological polar surface area (TPSA) is 47.3 Å². The minimum Gasteiger partial charge on any atom is -0.392 e. The van der Waals surface area contributed by atoms with Gasteiger partial charge in [0.15, 0.2) is 0 Å². The molecule has 5 heteroatoms. The molecule has 1 aromatic heterocycles. The zero-order valence-corrected chi connectivity index (χ0v) is 11.2. The number of aliphatic hydroxyl groups is 1. The lowest BCUT2D eigenvalue weighted by molar-refractivity contribution is 0.0440. The zero-order chi connectivity index (χ0) is 12.6. The second kappa shape index (κ2) is 4.96. The molecular formula is C12H19ClN2O2. The van der Waals surface area contributed by atoms with Crippen molar-refractivity contribution >= 4 is 11.6 Å². The first-order chi connectivity index (χ1) is 8.00. The van der Waals surface area contributed by atoms with Crippen LogP contribution in [0.5, 0.6) is 0 Å². The van der Waals surface area contributed by atoms with E-state index in [1.54, 1.807) is 4.68 Å². The Morgan fingerprint density at radius 3 is 2.82 bits per heavy atom. The van der Waals surface area contributed by atoms with Crippen molar-refractivity contribution in [3.63, 3.8) is 0 Å². The summed E-state index contributed by atoms with van der Waals surface area (Å²) >= 11 is 6.16. The average Bonchev–Trinajstić information content (AvgIpc) is 2.78. The number of nitrogens with zero attached hydrogens (tertiary/aromatic N) is 2. The molecule has 1 aliphatic heterocycles. The predicted octanol–water partition coefficient (Wildman–Crippen LogP) is 1.71. The number of aliphatic hydroxyl groups excluding tert-OH is 1. The number of hydrogen-bond acceptors (Lipinski definition) is 3. The van der Waals surface area contributed by atoms with Crippen molar-refractivity contribution in [2.75, 3.05) is 6.61 Å². The number of rotatable bonds is 3. The average molecular weight is 259 g/mol. The normalized spacial score (nSPS) is 26.4. The summed E-state index contributed by atoms with van der Waals surface area (Å²) in [7, 11) is 1.81. The fraction of sp³-hybridized carbons (Fsp3) is 0.750. The van der Waals surface area contributed by atoms with Crippen LogP contribution in [0.3, 0.4) is 0 Å². The summed E-state index contributed by atoms with van der Waals surface area (Å²) < 4.78 is 7.12. The second-order valence-electron chi connectivity index (χ2n) is 4.78. The van der Waals surface area contributed by atoms with E-state index < -0.39 is 6.10 Å². The Balaban J connectivity index is 2.10. The first-order valence-corrected chi connectivity index (χ1v) is 6.36. The highest BCUT2D eigenvalue weighted by molar-refractivity contribution is 6.30. The first kappa shape index (κ1) is 12.9. The molecule has 0 spiro atoms. The minimum absolute atomic E-state index is 0.126. The van der Waals surface area contributed by atoms with Crippen molar-refractivity contribution < 1.29 is 9.84 Å². The van der Waals surface area contributed by atoms with Gasteiger partial charge in [0.25, 0.3) is 0 Å². The van der Waals surface area contributed by atoms with E-state index in [1.165, 1.54) is 0 Å². The highest BCUT2D eigenvalue weighted by atomic mass is 35.5. The standard InChI is InChI=1S/C12H19ClN2O2/c1-7-10(12(13)15(3)14-7)6-11(16)9-4-5-17-8(9)2/h8-9,11,16H,4-6H2,1-3H3. The van der Waals surface area contributed by atoms with Crippen LogP contribution in [0, 0.1) is 12.8 Å². The van der Waals surface area contributed by atoms with Crippen LogP contribution in [-0.4, -0.2) is 33.7 Å². The van der Waals surface area contributed by atoms with Gasteiger partial charge in [-0.15, -0.1) is 0 Å². The van der Waals surface area contributed by atoms with Gasteiger partial charge in [-0.2, -0.15) is 5.10 Å². The third-order valence-electron chi connectivity index (χ3n) is 3.61. The van der Waals surface area contributed by atoms with Crippen molar-refractivity contribution in [3.05, 3.63) is 16.4 Å². The summed E-state index contributed by atoms with van der Waals surface area (Å²) in [5.74, 6) is 0.200. The highest BCUT2D eigenvalue weighted by Gasteiger charge is 2.31. The lowest BCUT2D eigenvalue weighted by atomic mass is 9.91. The molecule has 2 rings (SSSR count). The molecule has 17 heavy (non-hydrogen) atoms. The van der Waals surface area contributed by atoms with E-state index in [0.717, 1.165) is 24.3 Å². The molecule has 2 heterocycles. The van der Waals surface area contributed by atoms with Gasteiger partial charge < -0.3 is 9.84 Å². The van der Waals surface area contributed by atoms with Crippen molar-refractivity contribution in [1.29, 1.82) is 0 Å². The van der Waals surface area contributed by atoms with Gasteiger partial charge in [-0.3, -0.25) is 4.68 Å². The van der Waals surface area contributed by atoms with Crippen molar-refractivity contribution in [1.82, 2.24) is 9.78 Å². The number of aromatic nitrogens is 2. The number of aryl methyl sites for hydroxylation is 2. The quantitative estimate of drug-likeness (QED) is 0.898. The molecule has 0 amide bonds. The number of ether oxygens (including phenoxy) is 1. The number of halogens is 1. The van der Waals surface area contributed by atoms with Crippen molar-refractivity contribution in [3.8, 4) is 0 Å². The summed E-state index contributed by atoms with van der Waals surface area (Å²) in [6.07, 6.45) is 1.18. The summed E-state index contributed by atoms with van der Waals surface area (Å²) in [6, 6.07) is 0. The van der Waals surface area contributed by atoms with E-state index in [1.807, 2.05) is 20.9 Å². The smallest absolute Gasteiger partial charge is 0.130 e. The molecule has 0 radical (unpaired) electrons. The summed E-state index contributed by atoms with van der Waals surface area (Å²) in [5, 5.41) is 15.1. The van der Waals surface area contributed by atoms with E-state index in [9.17, 15) is 5.11 Å². The molecule has 1 aliphatic rings. The Bertz CT molecular complexity index is 405. The molecule has 1 saturated heterocycles. The van der Waals surface area contributed by atoms with Crippen LogP contribution in [0.1, 0.15) is 24.6 Å². The molecular weight excluding hydrogens is 240 g/mol. The van der Waals surface area contributed by atoms with Crippen LogP contribution >= 0.6 is 11.6 Å². The van der Waals surface area contributed by atoms with Crippen LogP contribution < -0.4 is 0 Å². The molecule has 0 aliphatic carbocycles. The maximum Gasteiger partial charge on any atom is 0.130 e. The maximum atomic E-state index is 10.3. The van der Waals surface area contributed by atoms with E-state index >= 15 is 0 Å². The zero-order valence-electron chi connectivity index (χ0n) is 10.5. The molecule has 3 atom stereocenters. The van der Waals surface area contributed by atoms with Crippen LogP contribution in [0.4, 0.5) is 0 Å². The number of hydrogen-bond donors (Lipinski definition) is 1. The fourth-order valence-corrected chi connectivity index (χ4v) is 2.77. The molecule has 1 fully saturated rings. The van der Waals surface area contributed by atoms with Gasteiger partial charge in [-0.1, -0.05) is 11.6 Å². The SMILES string of the molecule is Cc1nn(C)c(Cl)c1CC(O)C1CCOC1C. The Labute approximate surface area is 107 Å². The largest absolute Gasteiger partial charge is 0.392 e. The van der Waals surface area contributed by atoms with E-state index in [4.69, 9.17) is 16.3 Å². The molecule has 96 valence electrons. The molecule has 1 aromatic rings. The van der Waals surface area contributed by atoms with Gasteiger partial charge in [0.05, 0.1) is 17.9 Å². The molecule has 4 nitrogen and oxygen atoms in total. The molecule has 0 saturated carbocycles. The highest BCUT2D eigenvalue weighted by Crippen LogP contribution is 2.28. The monoisotopic (exact) mass is 258 g/mol. The summed E-state index contributed by atoms with van der Waals surface area (Å²) in [6.45, 7) is 4.67. The van der Waals surface area contributed by atoms with Gasteiger partial charge in [-0.25, -0.2) is 0 Å². The fourth-order valence-electron chi connectivity index (χ4n) is 2.52. The summed E-state index contributed by atoms with van der Waals surface area (Å²) in [5.41, 5.74) is 1.84. The summed E-state index contributed by atoms with van der Waals surface area (Å²) in [4.78, 5) is 0. The van der Waals surface area contributed by atoms with Gasteiger partial charge in [0.2, 0.25) is 0 Å². The van der Waals surface area contributed by atoms with Crippen molar-refractivity contribution in [2.45, 2.75) is 38.9 Å². The Morgan fingerprint density at radius 1 is 1.65 bits per heavy atom. The molecule has 0 bridgehead atoms. The third kappa shape index (κ3) is 2.49. The Hall–Kier alpha value is -0.580. The molecule has 1 N–H and O–H groups in total. The van der Waals surface area contributed by atoms with E-state index in [-0.39, 0.29) is 12.0 Å². The van der Waals surface area contributed by atoms with Crippen LogP contribution in [0.2, 0.25) is 5.15 Å². The lowest BCUT2D eigenvalue weighted by Gasteiger charge is -2.20. The Morgan fingerprint density at radius 2 is 2.35 bits per heavy atom. The lowest BCUT2D eigenvalue weighted by Crippen LogP contribution is -2.28. The van der Waals surface area contributed by atoms with Gasteiger partial charge in [-0.05, 0) is 20.3 Å². The van der Waals surface area contributed by atoms with E-state index in [2.05, 4.69) is 5.10 Å². The molecule has 0 aromatic carbocycles. The van der Waals surface area contributed by atoms with Gasteiger partial charge >= 0.3 is 0 Å². The van der Waals surface area contributed by atoms with Crippen LogP contribution in [0.25, 0.3) is 0 Å². The second-order valence-corrected chi connectivity index (χ2v) is 5.14. The minimum atomic E-state index is -0.409. The van der Waals surface area contributed by atoms with Gasteiger partial charge in [0.1, 0.15) is 5.15 Å². The van der Waals surface area contributed by atoms with Crippen LogP contribution in [0.15, 0.2) is 0 Å².